The lowest BCUT2D eigenvalue weighted by atomic mass is 10.1. The van der Waals surface area contributed by atoms with Crippen LogP contribution in [0.25, 0.3) is 0 Å². The summed E-state index contributed by atoms with van der Waals surface area (Å²) >= 11 is 0. The SMILES string of the molecule is Cc1ccccc1O[C@H](C)C(=O)Nc1ccccc1C(=O)N1CCCCC1. The van der Waals surface area contributed by atoms with Crippen LogP contribution in [0.2, 0.25) is 0 Å². The predicted molar refractivity (Wildman–Crippen MR) is 106 cm³/mol. The van der Waals surface area contributed by atoms with E-state index in [0.29, 0.717) is 17.0 Å². The smallest absolute Gasteiger partial charge is 0.265 e. The molecule has 0 unspecified atom stereocenters. The molecule has 1 aliphatic rings. The number of likely N-dealkylation sites (tertiary alicyclic amines) is 1. The van der Waals surface area contributed by atoms with E-state index in [4.69, 9.17) is 4.74 Å². The first-order valence-corrected chi connectivity index (χ1v) is 9.47. The van der Waals surface area contributed by atoms with Gasteiger partial charge in [0.15, 0.2) is 6.10 Å². The molecule has 0 aliphatic carbocycles. The molecule has 5 heteroatoms. The van der Waals surface area contributed by atoms with Crippen LogP contribution in [0, 0.1) is 6.92 Å². The van der Waals surface area contributed by atoms with Crippen LogP contribution in [-0.2, 0) is 4.79 Å². The highest BCUT2D eigenvalue weighted by molar-refractivity contribution is 6.04. The molecule has 2 aromatic carbocycles. The van der Waals surface area contributed by atoms with E-state index in [1.807, 2.05) is 48.2 Å². The number of ether oxygens (including phenoxy) is 1. The van der Waals surface area contributed by atoms with Gasteiger partial charge in [0.2, 0.25) is 0 Å². The normalized spacial score (nSPS) is 15.1. The van der Waals surface area contributed by atoms with Crippen molar-refractivity contribution in [2.75, 3.05) is 18.4 Å². The molecule has 0 bridgehead atoms. The van der Waals surface area contributed by atoms with Crippen molar-refractivity contribution in [1.29, 1.82) is 0 Å². The Morgan fingerprint density at radius 3 is 2.41 bits per heavy atom. The number of amides is 2. The molecule has 1 heterocycles. The molecule has 27 heavy (non-hydrogen) atoms. The Bertz CT molecular complexity index is 813. The number of nitrogens with zero attached hydrogens (tertiary/aromatic N) is 1. The Morgan fingerprint density at radius 1 is 1.00 bits per heavy atom. The number of hydrogen-bond donors (Lipinski definition) is 1. The van der Waals surface area contributed by atoms with Gasteiger partial charge in [0.1, 0.15) is 5.75 Å². The molecule has 1 saturated heterocycles. The van der Waals surface area contributed by atoms with Crippen molar-refractivity contribution in [3.63, 3.8) is 0 Å². The van der Waals surface area contributed by atoms with Crippen LogP contribution in [0.1, 0.15) is 42.1 Å². The topological polar surface area (TPSA) is 58.6 Å². The Hall–Kier alpha value is -2.82. The summed E-state index contributed by atoms with van der Waals surface area (Å²) in [6, 6.07) is 14.7. The second-order valence-electron chi connectivity index (χ2n) is 6.91. The van der Waals surface area contributed by atoms with Crippen molar-refractivity contribution in [3.05, 3.63) is 59.7 Å². The van der Waals surface area contributed by atoms with Gasteiger partial charge in [0.25, 0.3) is 11.8 Å². The van der Waals surface area contributed by atoms with Gasteiger partial charge in [-0.25, -0.2) is 0 Å². The van der Waals surface area contributed by atoms with Crippen molar-refractivity contribution in [2.24, 2.45) is 0 Å². The number of nitrogens with one attached hydrogen (secondary N) is 1. The van der Waals surface area contributed by atoms with Gasteiger partial charge < -0.3 is 15.0 Å². The summed E-state index contributed by atoms with van der Waals surface area (Å²) in [7, 11) is 0. The zero-order valence-electron chi connectivity index (χ0n) is 15.9. The standard InChI is InChI=1S/C22H26N2O3/c1-16-10-4-7-13-20(16)27-17(2)21(25)23-19-12-6-5-11-18(19)22(26)24-14-8-3-9-15-24/h4-7,10-13,17H,3,8-9,14-15H2,1-2H3,(H,23,25)/t17-/m1/s1. The van der Waals surface area contributed by atoms with Crippen molar-refractivity contribution in [1.82, 2.24) is 4.90 Å². The second kappa shape index (κ2) is 8.71. The molecule has 1 fully saturated rings. The van der Waals surface area contributed by atoms with Gasteiger partial charge in [-0.2, -0.15) is 0 Å². The number of para-hydroxylation sites is 2. The maximum Gasteiger partial charge on any atom is 0.265 e. The quantitative estimate of drug-likeness (QED) is 0.869. The fraction of sp³-hybridized carbons (Fsp3) is 0.364. The summed E-state index contributed by atoms with van der Waals surface area (Å²) in [4.78, 5) is 27.3. The van der Waals surface area contributed by atoms with E-state index in [1.54, 1.807) is 19.1 Å². The van der Waals surface area contributed by atoms with Gasteiger partial charge in [-0.15, -0.1) is 0 Å². The zero-order chi connectivity index (χ0) is 19.2. The van der Waals surface area contributed by atoms with Gasteiger partial charge in [-0.3, -0.25) is 9.59 Å². The lowest BCUT2D eigenvalue weighted by Gasteiger charge is -2.27. The molecule has 0 aromatic heterocycles. The first kappa shape index (κ1) is 19.0. The number of carbonyl (C=O) groups is 2. The molecule has 1 atom stereocenters. The van der Waals surface area contributed by atoms with E-state index in [1.165, 1.54) is 0 Å². The monoisotopic (exact) mass is 366 g/mol. The van der Waals surface area contributed by atoms with Crippen molar-refractivity contribution >= 4 is 17.5 Å². The Balaban J connectivity index is 1.70. The van der Waals surface area contributed by atoms with Gasteiger partial charge in [0, 0.05) is 13.1 Å². The third-order valence-corrected chi connectivity index (χ3v) is 4.83. The second-order valence-corrected chi connectivity index (χ2v) is 6.91. The molecule has 1 N–H and O–H groups in total. The van der Waals surface area contributed by atoms with Crippen LogP contribution in [0.5, 0.6) is 5.75 Å². The Labute approximate surface area is 160 Å². The molecule has 5 nitrogen and oxygen atoms in total. The fourth-order valence-electron chi connectivity index (χ4n) is 3.21. The highest BCUT2D eigenvalue weighted by Crippen LogP contribution is 2.22. The van der Waals surface area contributed by atoms with Gasteiger partial charge >= 0.3 is 0 Å². The molecule has 142 valence electrons. The van der Waals surface area contributed by atoms with E-state index >= 15 is 0 Å². The summed E-state index contributed by atoms with van der Waals surface area (Å²) in [5, 5.41) is 2.86. The first-order chi connectivity index (χ1) is 13.1. The molecular weight excluding hydrogens is 340 g/mol. The zero-order valence-corrected chi connectivity index (χ0v) is 15.9. The number of anilines is 1. The summed E-state index contributed by atoms with van der Waals surface area (Å²) in [6.07, 6.45) is 2.54. The summed E-state index contributed by atoms with van der Waals surface area (Å²) < 4.78 is 5.79. The minimum atomic E-state index is -0.677. The highest BCUT2D eigenvalue weighted by atomic mass is 16.5. The van der Waals surface area contributed by atoms with E-state index in [-0.39, 0.29) is 11.8 Å². The maximum atomic E-state index is 12.9. The first-order valence-electron chi connectivity index (χ1n) is 9.47. The summed E-state index contributed by atoms with van der Waals surface area (Å²) in [6.45, 7) is 5.19. The van der Waals surface area contributed by atoms with E-state index in [2.05, 4.69) is 5.32 Å². The van der Waals surface area contributed by atoms with Crippen molar-refractivity contribution < 1.29 is 14.3 Å². The Morgan fingerprint density at radius 2 is 1.67 bits per heavy atom. The Kier molecular flexibility index (Phi) is 6.12. The number of aryl methyl sites for hydroxylation is 1. The number of benzene rings is 2. The van der Waals surface area contributed by atoms with Crippen LogP contribution in [0.3, 0.4) is 0 Å². The van der Waals surface area contributed by atoms with Crippen LogP contribution in [0.15, 0.2) is 48.5 Å². The fourth-order valence-corrected chi connectivity index (χ4v) is 3.21. The molecular formula is C22H26N2O3. The molecule has 0 spiro atoms. The van der Waals surface area contributed by atoms with Gasteiger partial charge in [-0.05, 0) is 56.9 Å². The maximum absolute atomic E-state index is 12.9. The van der Waals surface area contributed by atoms with Gasteiger partial charge in [0.05, 0.1) is 11.3 Å². The largest absolute Gasteiger partial charge is 0.481 e. The molecule has 0 saturated carbocycles. The number of piperidine rings is 1. The average Bonchev–Trinajstić information content (AvgIpc) is 2.70. The van der Waals surface area contributed by atoms with Crippen LogP contribution in [0.4, 0.5) is 5.69 Å². The van der Waals surface area contributed by atoms with Crippen LogP contribution in [-0.4, -0.2) is 35.9 Å². The minimum absolute atomic E-state index is 0.0296. The predicted octanol–water partition coefficient (Wildman–Crippen LogP) is 4.03. The average molecular weight is 366 g/mol. The molecule has 0 radical (unpaired) electrons. The summed E-state index contributed by atoms with van der Waals surface area (Å²) in [5.41, 5.74) is 2.02. The lowest BCUT2D eigenvalue weighted by Crippen LogP contribution is -2.36. The number of carbonyl (C=O) groups excluding carboxylic acids is 2. The lowest BCUT2D eigenvalue weighted by molar-refractivity contribution is -0.122. The third kappa shape index (κ3) is 4.67. The van der Waals surface area contributed by atoms with Gasteiger partial charge in [-0.1, -0.05) is 30.3 Å². The van der Waals surface area contributed by atoms with E-state index < -0.39 is 6.10 Å². The van der Waals surface area contributed by atoms with Crippen LogP contribution < -0.4 is 10.1 Å². The summed E-state index contributed by atoms with van der Waals surface area (Å²) in [5.74, 6) is 0.369. The van der Waals surface area contributed by atoms with Crippen LogP contribution >= 0.6 is 0 Å². The molecule has 1 aliphatic heterocycles. The van der Waals surface area contributed by atoms with E-state index in [9.17, 15) is 9.59 Å². The van der Waals surface area contributed by atoms with Crippen molar-refractivity contribution in [2.45, 2.75) is 39.2 Å². The molecule has 2 amide bonds. The number of rotatable bonds is 5. The minimum Gasteiger partial charge on any atom is -0.481 e. The highest BCUT2D eigenvalue weighted by Gasteiger charge is 2.23. The molecule has 3 rings (SSSR count). The molecule has 2 aromatic rings. The van der Waals surface area contributed by atoms with Crippen molar-refractivity contribution in [3.8, 4) is 5.75 Å². The third-order valence-electron chi connectivity index (χ3n) is 4.83. The number of hydrogen-bond acceptors (Lipinski definition) is 3. The van der Waals surface area contributed by atoms with E-state index in [0.717, 1.165) is 37.9 Å².